The van der Waals surface area contributed by atoms with Crippen molar-refractivity contribution < 1.29 is 14.3 Å². The normalized spacial score (nSPS) is 24.2. The predicted molar refractivity (Wildman–Crippen MR) is 81.4 cm³/mol. The second-order valence-electron chi connectivity index (χ2n) is 5.82. The molecule has 2 saturated heterocycles. The van der Waals surface area contributed by atoms with Crippen LogP contribution in [0.1, 0.15) is 19.3 Å². The topological polar surface area (TPSA) is 54.0 Å². The monoisotopic (exact) mass is 299 g/mol. The number of carbonyl (C=O) groups excluding carboxylic acids is 1. The van der Waals surface area contributed by atoms with Crippen molar-refractivity contribution in [3.63, 3.8) is 0 Å². The highest BCUT2D eigenvalue weighted by Gasteiger charge is 2.28. The van der Waals surface area contributed by atoms with Crippen LogP contribution in [0, 0.1) is 0 Å². The summed E-state index contributed by atoms with van der Waals surface area (Å²) in [6.07, 6.45) is 3.49. The first-order valence-corrected chi connectivity index (χ1v) is 8.10. The summed E-state index contributed by atoms with van der Waals surface area (Å²) in [6.45, 7) is 7.30. The summed E-state index contributed by atoms with van der Waals surface area (Å²) < 4.78 is 10.4. The van der Waals surface area contributed by atoms with Crippen molar-refractivity contribution in [2.24, 2.45) is 0 Å². The molecule has 0 spiro atoms. The minimum Gasteiger partial charge on any atom is -0.383 e. The number of piperidine rings is 1. The molecule has 0 bridgehead atoms. The molecule has 1 N–H and O–H groups in total. The number of nitrogens with one attached hydrogen (secondary N) is 1. The van der Waals surface area contributed by atoms with Crippen molar-refractivity contribution in [1.82, 2.24) is 15.1 Å². The highest BCUT2D eigenvalue weighted by molar-refractivity contribution is 5.78. The molecule has 2 heterocycles. The molecule has 6 heteroatoms. The number of hydrogen-bond donors (Lipinski definition) is 1. The quantitative estimate of drug-likeness (QED) is 0.667. The Morgan fingerprint density at radius 3 is 2.86 bits per heavy atom. The molecule has 0 aromatic heterocycles. The highest BCUT2D eigenvalue weighted by atomic mass is 16.5. The summed E-state index contributed by atoms with van der Waals surface area (Å²) in [5.74, 6) is 0.226. The van der Waals surface area contributed by atoms with Crippen molar-refractivity contribution in [1.29, 1.82) is 0 Å². The molecule has 1 atom stereocenters. The zero-order valence-corrected chi connectivity index (χ0v) is 13.2. The van der Waals surface area contributed by atoms with E-state index in [1.54, 1.807) is 7.11 Å². The average Bonchev–Trinajstić information content (AvgIpc) is 2.53. The summed E-state index contributed by atoms with van der Waals surface area (Å²) in [5.41, 5.74) is 0. The fraction of sp³-hybridized carbons (Fsp3) is 0.933. The first kappa shape index (κ1) is 16.7. The lowest BCUT2D eigenvalue weighted by atomic mass is 10.0. The van der Waals surface area contributed by atoms with Gasteiger partial charge in [0.1, 0.15) is 0 Å². The van der Waals surface area contributed by atoms with E-state index in [1.165, 1.54) is 6.42 Å². The molecule has 21 heavy (non-hydrogen) atoms. The first-order chi connectivity index (χ1) is 10.3. The van der Waals surface area contributed by atoms with Crippen LogP contribution in [0.4, 0.5) is 0 Å². The molecule has 2 fully saturated rings. The van der Waals surface area contributed by atoms with E-state index in [1.807, 2.05) is 0 Å². The number of amides is 1. The van der Waals surface area contributed by atoms with E-state index in [0.29, 0.717) is 19.2 Å². The summed E-state index contributed by atoms with van der Waals surface area (Å²) in [6, 6.07) is 0.369. The largest absolute Gasteiger partial charge is 0.383 e. The lowest BCUT2D eigenvalue weighted by Crippen LogP contribution is -2.53. The Morgan fingerprint density at radius 2 is 2.10 bits per heavy atom. The van der Waals surface area contributed by atoms with Gasteiger partial charge in [-0.3, -0.25) is 9.69 Å². The Balaban J connectivity index is 1.78. The smallest absolute Gasteiger partial charge is 0.236 e. The van der Waals surface area contributed by atoms with Gasteiger partial charge >= 0.3 is 0 Å². The molecule has 0 aromatic rings. The van der Waals surface area contributed by atoms with Gasteiger partial charge < -0.3 is 19.7 Å². The maximum absolute atomic E-state index is 12.4. The van der Waals surface area contributed by atoms with Gasteiger partial charge in [0.15, 0.2) is 0 Å². The number of methoxy groups -OCH3 is 1. The molecule has 1 unspecified atom stereocenters. The lowest BCUT2D eigenvalue weighted by molar-refractivity contribution is -0.134. The van der Waals surface area contributed by atoms with Gasteiger partial charge in [-0.1, -0.05) is 0 Å². The number of likely N-dealkylation sites (tertiary alicyclic amines) is 1. The molecule has 0 aliphatic carbocycles. The summed E-state index contributed by atoms with van der Waals surface area (Å²) in [7, 11) is 1.67. The number of rotatable bonds is 7. The number of hydrogen-bond acceptors (Lipinski definition) is 5. The molecule has 1 amide bonds. The van der Waals surface area contributed by atoms with Crippen molar-refractivity contribution in [2.45, 2.75) is 25.3 Å². The van der Waals surface area contributed by atoms with Gasteiger partial charge in [-0.2, -0.15) is 0 Å². The Bertz CT molecular complexity index is 309. The van der Waals surface area contributed by atoms with Gasteiger partial charge in [0, 0.05) is 45.9 Å². The highest BCUT2D eigenvalue weighted by Crippen LogP contribution is 2.18. The van der Waals surface area contributed by atoms with Gasteiger partial charge in [-0.05, 0) is 19.3 Å². The molecular formula is C15H29N3O3. The van der Waals surface area contributed by atoms with Crippen LogP contribution < -0.4 is 5.32 Å². The molecule has 0 radical (unpaired) electrons. The summed E-state index contributed by atoms with van der Waals surface area (Å²) in [5, 5.41) is 3.16. The number of morpholine rings is 1. The van der Waals surface area contributed by atoms with Crippen LogP contribution in [0.2, 0.25) is 0 Å². The van der Waals surface area contributed by atoms with Crippen LogP contribution in [0.15, 0.2) is 0 Å². The van der Waals surface area contributed by atoms with E-state index in [2.05, 4.69) is 15.1 Å². The van der Waals surface area contributed by atoms with E-state index in [0.717, 1.165) is 58.8 Å². The molecule has 2 rings (SSSR count). The van der Waals surface area contributed by atoms with Crippen LogP contribution in [0.5, 0.6) is 0 Å². The van der Waals surface area contributed by atoms with E-state index < -0.39 is 0 Å². The second-order valence-corrected chi connectivity index (χ2v) is 5.82. The molecular weight excluding hydrogens is 270 g/mol. The van der Waals surface area contributed by atoms with Crippen molar-refractivity contribution in [2.75, 3.05) is 66.2 Å². The minimum absolute atomic E-state index is 0.226. The fourth-order valence-electron chi connectivity index (χ4n) is 3.07. The Labute approximate surface area is 127 Å². The van der Waals surface area contributed by atoms with Crippen LogP contribution in [0.25, 0.3) is 0 Å². The van der Waals surface area contributed by atoms with Gasteiger partial charge in [0.25, 0.3) is 0 Å². The molecule has 0 aromatic carbocycles. The van der Waals surface area contributed by atoms with Gasteiger partial charge in [0.05, 0.1) is 26.4 Å². The van der Waals surface area contributed by atoms with E-state index in [9.17, 15) is 4.79 Å². The molecule has 2 aliphatic heterocycles. The van der Waals surface area contributed by atoms with E-state index in [-0.39, 0.29) is 5.91 Å². The average molecular weight is 299 g/mol. The molecule has 122 valence electrons. The van der Waals surface area contributed by atoms with Crippen LogP contribution in [-0.4, -0.2) is 87.9 Å². The third kappa shape index (κ3) is 5.54. The van der Waals surface area contributed by atoms with Crippen molar-refractivity contribution >= 4 is 5.91 Å². The fourth-order valence-corrected chi connectivity index (χ4v) is 3.07. The third-order valence-corrected chi connectivity index (χ3v) is 4.28. The Kier molecular flexibility index (Phi) is 7.43. The van der Waals surface area contributed by atoms with Crippen molar-refractivity contribution in [3.05, 3.63) is 0 Å². The van der Waals surface area contributed by atoms with Crippen LogP contribution >= 0.6 is 0 Å². The standard InChI is InChI=1S/C15H29N3O3/c1-20-9-5-16-12-15(19)18-6-3-2-4-14(18)13-17-7-10-21-11-8-17/h14,16H,2-13H2,1H3. The van der Waals surface area contributed by atoms with Gasteiger partial charge in [-0.15, -0.1) is 0 Å². The number of carbonyl (C=O) groups is 1. The third-order valence-electron chi connectivity index (χ3n) is 4.28. The molecule has 6 nitrogen and oxygen atoms in total. The summed E-state index contributed by atoms with van der Waals surface area (Å²) >= 11 is 0. The zero-order chi connectivity index (χ0) is 14.9. The van der Waals surface area contributed by atoms with E-state index >= 15 is 0 Å². The van der Waals surface area contributed by atoms with Gasteiger partial charge in [-0.25, -0.2) is 0 Å². The van der Waals surface area contributed by atoms with Crippen LogP contribution in [0.3, 0.4) is 0 Å². The second kappa shape index (κ2) is 9.35. The predicted octanol–water partition coefficient (Wildman–Crippen LogP) is -0.0643. The Hall–Kier alpha value is -0.690. The molecule has 0 saturated carbocycles. The molecule has 2 aliphatic rings. The summed E-state index contributed by atoms with van der Waals surface area (Å²) in [4.78, 5) is 16.9. The first-order valence-electron chi connectivity index (χ1n) is 8.10. The maximum Gasteiger partial charge on any atom is 0.236 e. The van der Waals surface area contributed by atoms with Crippen molar-refractivity contribution in [3.8, 4) is 0 Å². The van der Waals surface area contributed by atoms with Gasteiger partial charge in [0.2, 0.25) is 5.91 Å². The number of ether oxygens (including phenoxy) is 2. The zero-order valence-electron chi connectivity index (χ0n) is 13.2. The maximum atomic E-state index is 12.4. The number of nitrogens with zero attached hydrogens (tertiary/aromatic N) is 2. The van der Waals surface area contributed by atoms with Crippen LogP contribution in [-0.2, 0) is 14.3 Å². The SMILES string of the molecule is COCCNCC(=O)N1CCCCC1CN1CCOCC1. The Morgan fingerprint density at radius 1 is 1.29 bits per heavy atom. The lowest BCUT2D eigenvalue weighted by Gasteiger charge is -2.39. The van der Waals surface area contributed by atoms with E-state index in [4.69, 9.17) is 9.47 Å². The minimum atomic E-state index is 0.226.